The fourth-order valence-corrected chi connectivity index (χ4v) is 3.73. The molecule has 1 rings (SSSR count). The van der Waals surface area contributed by atoms with E-state index in [9.17, 15) is 13.2 Å². The number of carboxylic acid groups (broad SMARTS) is 1. The number of aliphatic carboxylic acids is 1. The maximum absolute atomic E-state index is 11.6. The normalized spacial score (nSPS) is 32.7. The SMILES string of the molecule is CC1CCCC(CC(=O)O)S1(=O)=O. The summed E-state index contributed by atoms with van der Waals surface area (Å²) in [5, 5.41) is 7.49. The van der Waals surface area contributed by atoms with Gasteiger partial charge in [-0.15, -0.1) is 0 Å². The molecule has 0 saturated carbocycles. The van der Waals surface area contributed by atoms with Crippen LogP contribution in [0.3, 0.4) is 0 Å². The van der Waals surface area contributed by atoms with E-state index >= 15 is 0 Å². The average molecular weight is 206 g/mol. The summed E-state index contributed by atoms with van der Waals surface area (Å²) in [7, 11) is -3.18. The third kappa shape index (κ3) is 2.21. The molecule has 0 aromatic rings. The zero-order valence-corrected chi connectivity index (χ0v) is 8.38. The Morgan fingerprint density at radius 3 is 2.62 bits per heavy atom. The minimum atomic E-state index is -3.18. The van der Waals surface area contributed by atoms with E-state index in [2.05, 4.69) is 0 Å². The number of carbonyl (C=O) groups is 1. The van der Waals surface area contributed by atoms with Crippen LogP contribution in [0.2, 0.25) is 0 Å². The van der Waals surface area contributed by atoms with Gasteiger partial charge in [0.15, 0.2) is 9.84 Å². The van der Waals surface area contributed by atoms with Gasteiger partial charge in [0.1, 0.15) is 0 Å². The second-order valence-electron chi connectivity index (χ2n) is 3.55. The Morgan fingerprint density at radius 2 is 2.08 bits per heavy atom. The van der Waals surface area contributed by atoms with E-state index < -0.39 is 21.1 Å². The predicted octanol–water partition coefficient (Wildman–Crippen LogP) is 0.817. The van der Waals surface area contributed by atoms with Crippen LogP contribution in [0.5, 0.6) is 0 Å². The molecule has 5 heteroatoms. The van der Waals surface area contributed by atoms with Gasteiger partial charge in [-0.25, -0.2) is 8.42 Å². The zero-order chi connectivity index (χ0) is 10.1. The molecule has 2 atom stereocenters. The van der Waals surface area contributed by atoms with Gasteiger partial charge < -0.3 is 5.11 Å². The highest BCUT2D eigenvalue weighted by Gasteiger charge is 2.35. The summed E-state index contributed by atoms with van der Waals surface area (Å²) in [4.78, 5) is 10.4. The molecule has 1 aliphatic rings. The first-order valence-corrected chi connectivity index (χ1v) is 6.00. The van der Waals surface area contributed by atoms with E-state index in [0.717, 1.165) is 6.42 Å². The van der Waals surface area contributed by atoms with Crippen LogP contribution in [-0.4, -0.2) is 30.0 Å². The fourth-order valence-electron chi connectivity index (χ4n) is 1.70. The minimum absolute atomic E-state index is 0.243. The summed E-state index contributed by atoms with van der Waals surface area (Å²) in [6.07, 6.45) is 1.74. The fraction of sp³-hybridized carbons (Fsp3) is 0.875. The van der Waals surface area contributed by atoms with Crippen molar-refractivity contribution in [3.05, 3.63) is 0 Å². The van der Waals surface area contributed by atoms with Crippen LogP contribution in [0, 0.1) is 0 Å². The minimum Gasteiger partial charge on any atom is -0.481 e. The lowest BCUT2D eigenvalue weighted by Crippen LogP contribution is -2.36. The van der Waals surface area contributed by atoms with Crippen molar-refractivity contribution < 1.29 is 18.3 Å². The van der Waals surface area contributed by atoms with Crippen LogP contribution < -0.4 is 0 Å². The molecule has 1 heterocycles. The molecule has 1 aliphatic heterocycles. The molecule has 0 aromatic carbocycles. The highest BCUT2D eigenvalue weighted by atomic mass is 32.2. The maximum atomic E-state index is 11.6. The van der Waals surface area contributed by atoms with Crippen molar-refractivity contribution in [1.82, 2.24) is 0 Å². The van der Waals surface area contributed by atoms with Crippen LogP contribution >= 0.6 is 0 Å². The van der Waals surface area contributed by atoms with E-state index in [1.54, 1.807) is 6.92 Å². The number of hydrogen-bond acceptors (Lipinski definition) is 3. The Kier molecular flexibility index (Phi) is 2.95. The van der Waals surface area contributed by atoms with E-state index in [1.165, 1.54) is 0 Å². The van der Waals surface area contributed by atoms with Gasteiger partial charge in [-0.3, -0.25) is 4.79 Å². The second kappa shape index (κ2) is 3.65. The van der Waals surface area contributed by atoms with Crippen LogP contribution in [-0.2, 0) is 14.6 Å². The molecule has 1 fully saturated rings. The smallest absolute Gasteiger partial charge is 0.304 e. The topological polar surface area (TPSA) is 71.4 Å². The molecular formula is C8H14O4S. The molecule has 2 unspecified atom stereocenters. The van der Waals surface area contributed by atoms with Crippen molar-refractivity contribution >= 4 is 15.8 Å². The average Bonchev–Trinajstić information content (AvgIpc) is 1.99. The monoisotopic (exact) mass is 206 g/mol. The van der Waals surface area contributed by atoms with Gasteiger partial charge in [-0.05, 0) is 19.8 Å². The highest BCUT2D eigenvalue weighted by molar-refractivity contribution is 7.92. The lowest BCUT2D eigenvalue weighted by molar-refractivity contribution is -0.137. The maximum Gasteiger partial charge on any atom is 0.304 e. The van der Waals surface area contributed by atoms with Gasteiger partial charge >= 0.3 is 5.97 Å². The Labute approximate surface area is 77.9 Å². The number of hydrogen-bond donors (Lipinski definition) is 1. The molecule has 1 saturated heterocycles. The van der Waals surface area contributed by atoms with Crippen molar-refractivity contribution in [3.8, 4) is 0 Å². The molecular weight excluding hydrogens is 192 g/mol. The van der Waals surface area contributed by atoms with Gasteiger partial charge in [0.05, 0.1) is 16.9 Å². The predicted molar refractivity (Wildman–Crippen MR) is 48.3 cm³/mol. The summed E-state index contributed by atoms with van der Waals surface area (Å²) in [5.74, 6) is -1.03. The molecule has 4 nitrogen and oxygen atoms in total. The first kappa shape index (κ1) is 10.5. The van der Waals surface area contributed by atoms with Crippen molar-refractivity contribution in [2.45, 2.75) is 43.1 Å². The second-order valence-corrected chi connectivity index (χ2v) is 6.20. The van der Waals surface area contributed by atoms with Gasteiger partial charge in [0.2, 0.25) is 0 Å². The van der Waals surface area contributed by atoms with Crippen LogP contribution in [0.25, 0.3) is 0 Å². The molecule has 0 bridgehead atoms. The summed E-state index contributed by atoms with van der Waals surface area (Å²) in [6.45, 7) is 1.66. The first-order valence-electron chi connectivity index (χ1n) is 4.39. The third-order valence-electron chi connectivity index (χ3n) is 2.56. The Morgan fingerprint density at radius 1 is 1.46 bits per heavy atom. The Bertz CT molecular complexity index is 293. The van der Waals surface area contributed by atoms with Crippen molar-refractivity contribution in [2.75, 3.05) is 0 Å². The summed E-state index contributed by atoms with van der Waals surface area (Å²) in [6, 6.07) is 0. The molecule has 0 aliphatic carbocycles. The molecule has 0 radical (unpaired) electrons. The Balaban J connectivity index is 2.79. The summed E-state index contributed by atoms with van der Waals surface area (Å²) in [5.41, 5.74) is 0. The number of sulfone groups is 1. The molecule has 0 amide bonds. The lowest BCUT2D eigenvalue weighted by Gasteiger charge is -2.25. The van der Waals surface area contributed by atoms with Gasteiger partial charge in [0, 0.05) is 0 Å². The van der Waals surface area contributed by atoms with Crippen molar-refractivity contribution in [1.29, 1.82) is 0 Å². The lowest BCUT2D eigenvalue weighted by atomic mass is 10.1. The molecule has 0 aromatic heterocycles. The largest absolute Gasteiger partial charge is 0.481 e. The quantitative estimate of drug-likeness (QED) is 0.726. The van der Waals surface area contributed by atoms with Crippen LogP contribution in [0.1, 0.15) is 32.6 Å². The van der Waals surface area contributed by atoms with Crippen molar-refractivity contribution in [2.24, 2.45) is 0 Å². The molecule has 13 heavy (non-hydrogen) atoms. The van der Waals surface area contributed by atoms with Gasteiger partial charge in [-0.2, -0.15) is 0 Å². The molecule has 0 spiro atoms. The highest BCUT2D eigenvalue weighted by Crippen LogP contribution is 2.27. The standard InChI is InChI=1S/C8H14O4S/c1-6-3-2-4-7(5-8(9)10)13(6,11)12/h6-7H,2-5H2,1H3,(H,9,10). The van der Waals surface area contributed by atoms with Crippen LogP contribution in [0.15, 0.2) is 0 Å². The first-order chi connectivity index (χ1) is 5.94. The van der Waals surface area contributed by atoms with Gasteiger partial charge in [0.25, 0.3) is 0 Å². The van der Waals surface area contributed by atoms with Crippen molar-refractivity contribution in [3.63, 3.8) is 0 Å². The summed E-state index contributed by atoms with van der Waals surface area (Å²) >= 11 is 0. The van der Waals surface area contributed by atoms with E-state index in [-0.39, 0.29) is 11.7 Å². The summed E-state index contributed by atoms with van der Waals surface area (Å²) < 4.78 is 23.2. The van der Waals surface area contributed by atoms with E-state index in [1.807, 2.05) is 0 Å². The third-order valence-corrected chi connectivity index (χ3v) is 5.25. The van der Waals surface area contributed by atoms with Gasteiger partial charge in [-0.1, -0.05) is 6.42 Å². The van der Waals surface area contributed by atoms with E-state index in [4.69, 9.17) is 5.11 Å². The Hall–Kier alpha value is -0.580. The molecule has 76 valence electrons. The van der Waals surface area contributed by atoms with E-state index in [0.29, 0.717) is 12.8 Å². The number of rotatable bonds is 2. The number of carboxylic acids is 1. The molecule has 1 N–H and O–H groups in total. The zero-order valence-electron chi connectivity index (χ0n) is 7.56. The van der Waals surface area contributed by atoms with Crippen LogP contribution in [0.4, 0.5) is 0 Å².